The van der Waals surface area contributed by atoms with Crippen LogP contribution in [0.1, 0.15) is 71.1 Å². The molecule has 0 spiro atoms. The predicted octanol–water partition coefficient (Wildman–Crippen LogP) is 3.11. The van der Waals surface area contributed by atoms with Gasteiger partial charge in [0.05, 0.1) is 14.1 Å². The maximum absolute atomic E-state index is 13.1. The first kappa shape index (κ1) is 24.2. The molecule has 0 bridgehead atoms. The Bertz CT molecular complexity index is 665. The van der Waals surface area contributed by atoms with Crippen LogP contribution in [0.15, 0.2) is 12.2 Å². The van der Waals surface area contributed by atoms with Gasteiger partial charge in [-0.1, -0.05) is 38.3 Å². The number of hydrogen-bond acceptors (Lipinski definition) is 4. The van der Waals surface area contributed by atoms with Crippen LogP contribution in [0.5, 0.6) is 0 Å². The molecular weight excluding hydrogens is 398 g/mol. The van der Waals surface area contributed by atoms with E-state index in [-0.39, 0.29) is 5.92 Å². The average molecular weight is 447 g/mol. The second-order valence-electron chi connectivity index (χ2n) is 11.7. The van der Waals surface area contributed by atoms with E-state index in [1.165, 1.54) is 38.5 Å². The molecular formula is C26H48N5O+. The molecule has 6 nitrogen and oxygen atoms in total. The molecule has 6 heteroatoms. The van der Waals surface area contributed by atoms with Crippen LogP contribution in [0.2, 0.25) is 0 Å². The first-order valence-electron chi connectivity index (χ1n) is 13.3. The summed E-state index contributed by atoms with van der Waals surface area (Å²) in [6, 6.07) is 1.09. The van der Waals surface area contributed by atoms with E-state index in [2.05, 4.69) is 60.7 Å². The fourth-order valence-electron chi connectivity index (χ4n) is 6.79. The minimum atomic E-state index is 0.190. The van der Waals surface area contributed by atoms with Gasteiger partial charge in [-0.15, -0.1) is 0 Å². The quantitative estimate of drug-likeness (QED) is 0.503. The summed E-state index contributed by atoms with van der Waals surface area (Å²) in [7, 11) is 7.05. The molecule has 0 aromatic rings. The number of carbonyl (C=O) groups is 1. The normalized spacial score (nSPS) is 38.6. The minimum absolute atomic E-state index is 0.190. The Morgan fingerprint density at radius 2 is 1.69 bits per heavy atom. The van der Waals surface area contributed by atoms with Gasteiger partial charge in [-0.05, 0) is 51.5 Å². The summed E-state index contributed by atoms with van der Waals surface area (Å²) < 4.78 is 0.938. The molecule has 2 N–H and O–H groups in total. The van der Waals surface area contributed by atoms with Crippen LogP contribution in [-0.2, 0) is 4.79 Å². The number of hydrogen-bond donors (Lipinski definition) is 2. The molecule has 1 saturated heterocycles. The zero-order chi connectivity index (χ0) is 22.7. The molecule has 3 fully saturated rings. The van der Waals surface area contributed by atoms with Crippen LogP contribution < -0.4 is 10.6 Å². The van der Waals surface area contributed by atoms with Crippen molar-refractivity contribution in [2.45, 2.75) is 95.7 Å². The van der Waals surface area contributed by atoms with Crippen LogP contribution in [0.4, 0.5) is 0 Å². The molecule has 0 aromatic heterocycles. The van der Waals surface area contributed by atoms with E-state index in [0.29, 0.717) is 30.4 Å². The largest absolute Gasteiger partial charge is 0.338 e. The summed E-state index contributed by atoms with van der Waals surface area (Å²) in [5.41, 5.74) is 0. The highest BCUT2D eigenvalue weighted by Crippen LogP contribution is 2.31. The van der Waals surface area contributed by atoms with E-state index in [0.717, 1.165) is 55.7 Å². The average Bonchev–Trinajstić information content (AvgIpc) is 2.79. The molecule has 1 amide bonds. The number of amides is 1. The van der Waals surface area contributed by atoms with Crippen molar-refractivity contribution in [3.63, 3.8) is 0 Å². The molecule has 0 radical (unpaired) electrons. The van der Waals surface area contributed by atoms with Crippen molar-refractivity contribution < 1.29 is 9.28 Å². The van der Waals surface area contributed by atoms with Crippen molar-refractivity contribution in [2.24, 2.45) is 11.8 Å². The van der Waals surface area contributed by atoms with E-state index in [9.17, 15) is 4.79 Å². The van der Waals surface area contributed by atoms with Gasteiger partial charge in [0, 0.05) is 44.1 Å². The zero-order valence-corrected chi connectivity index (χ0v) is 21.1. The topological polar surface area (TPSA) is 47.6 Å². The van der Waals surface area contributed by atoms with Crippen LogP contribution >= 0.6 is 0 Å². The molecule has 2 aliphatic heterocycles. The van der Waals surface area contributed by atoms with Gasteiger partial charge in [-0.25, -0.2) is 4.90 Å². The third-order valence-corrected chi connectivity index (χ3v) is 8.75. The zero-order valence-electron chi connectivity index (χ0n) is 21.1. The Kier molecular flexibility index (Phi) is 7.97. The third kappa shape index (κ3) is 5.57. The Labute approximate surface area is 196 Å². The van der Waals surface area contributed by atoms with E-state index in [4.69, 9.17) is 0 Å². The molecule has 2 saturated carbocycles. The van der Waals surface area contributed by atoms with Crippen molar-refractivity contribution in [3.05, 3.63) is 12.2 Å². The van der Waals surface area contributed by atoms with Gasteiger partial charge >= 0.3 is 0 Å². The smallest absolute Gasteiger partial charge is 0.226 e. The van der Waals surface area contributed by atoms with Crippen LogP contribution in [0.3, 0.4) is 0 Å². The van der Waals surface area contributed by atoms with Gasteiger partial charge in [0.2, 0.25) is 12.2 Å². The first-order chi connectivity index (χ1) is 15.3. The Morgan fingerprint density at radius 3 is 2.41 bits per heavy atom. The monoisotopic (exact) mass is 446 g/mol. The minimum Gasteiger partial charge on any atom is -0.338 e. The van der Waals surface area contributed by atoms with Crippen LogP contribution in [0, 0.1) is 11.8 Å². The maximum Gasteiger partial charge on any atom is 0.226 e. The standard InChI is InChI=1S/C26H48N5O/c1-20-10-8-12-22(18-20)27-24-14-17-29(2)26(31(24,3)4)28-23-13-9-11-21(19-23)25(32)30-15-6-5-7-16-30/h5-6,20-24,26-28H,7-19H2,1-4H3/q+1. The summed E-state index contributed by atoms with van der Waals surface area (Å²) in [6.07, 6.45) is 17.1. The van der Waals surface area contributed by atoms with Crippen molar-refractivity contribution in [3.8, 4) is 0 Å². The predicted molar refractivity (Wildman–Crippen MR) is 131 cm³/mol. The lowest BCUT2D eigenvalue weighted by molar-refractivity contribution is -0.962. The highest BCUT2D eigenvalue weighted by atomic mass is 16.2. The lowest BCUT2D eigenvalue weighted by atomic mass is 9.84. The van der Waals surface area contributed by atoms with Gasteiger partial charge in [0.15, 0.2) is 0 Å². The number of rotatable bonds is 5. The molecule has 4 aliphatic rings. The molecule has 2 aliphatic carbocycles. The number of quaternary nitrogens is 1. The van der Waals surface area contributed by atoms with Crippen molar-refractivity contribution in [1.29, 1.82) is 0 Å². The van der Waals surface area contributed by atoms with Gasteiger partial charge in [-0.2, -0.15) is 0 Å². The van der Waals surface area contributed by atoms with Crippen molar-refractivity contribution in [1.82, 2.24) is 20.4 Å². The number of nitrogens with one attached hydrogen (secondary N) is 2. The molecule has 2 heterocycles. The molecule has 0 aromatic carbocycles. The third-order valence-electron chi connectivity index (χ3n) is 8.75. The highest BCUT2D eigenvalue weighted by Gasteiger charge is 2.45. The molecule has 4 rings (SSSR count). The van der Waals surface area contributed by atoms with Gasteiger partial charge < -0.3 is 4.90 Å². The first-order valence-corrected chi connectivity index (χ1v) is 13.3. The fourth-order valence-corrected chi connectivity index (χ4v) is 6.79. The molecule has 6 atom stereocenters. The number of carbonyl (C=O) groups excluding carboxylic acids is 1. The van der Waals surface area contributed by atoms with Crippen LogP contribution in [0.25, 0.3) is 0 Å². The summed E-state index contributed by atoms with van der Waals surface area (Å²) in [4.78, 5) is 17.7. The van der Waals surface area contributed by atoms with E-state index in [1.54, 1.807) is 0 Å². The van der Waals surface area contributed by atoms with Crippen LogP contribution in [-0.4, -0.2) is 85.5 Å². The molecule has 32 heavy (non-hydrogen) atoms. The Morgan fingerprint density at radius 1 is 0.938 bits per heavy atom. The lowest BCUT2D eigenvalue weighted by Gasteiger charge is -2.53. The van der Waals surface area contributed by atoms with Gasteiger partial charge in [-0.3, -0.25) is 19.9 Å². The van der Waals surface area contributed by atoms with Gasteiger partial charge in [0.25, 0.3) is 0 Å². The molecule has 6 unspecified atom stereocenters. The summed E-state index contributed by atoms with van der Waals surface area (Å²) in [5, 5.41) is 8.11. The summed E-state index contributed by atoms with van der Waals surface area (Å²) >= 11 is 0. The summed E-state index contributed by atoms with van der Waals surface area (Å²) in [6.45, 7) is 5.23. The van der Waals surface area contributed by atoms with E-state index in [1.807, 2.05) is 0 Å². The second kappa shape index (κ2) is 10.5. The van der Waals surface area contributed by atoms with E-state index < -0.39 is 0 Å². The maximum atomic E-state index is 13.1. The second-order valence-corrected chi connectivity index (χ2v) is 11.7. The molecule has 182 valence electrons. The van der Waals surface area contributed by atoms with Gasteiger partial charge in [0.1, 0.15) is 6.17 Å². The Balaban J connectivity index is 1.36. The Hall–Kier alpha value is -0.950. The van der Waals surface area contributed by atoms with E-state index >= 15 is 0 Å². The lowest BCUT2D eigenvalue weighted by Crippen LogP contribution is -2.75. The van der Waals surface area contributed by atoms with Crippen molar-refractivity contribution in [2.75, 3.05) is 40.8 Å². The van der Waals surface area contributed by atoms with Crippen molar-refractivity contribution >= 4 is 5.91 Å². The SMILES string of the molecule is CC1CCCC(NC2CCN(C)C(NC3CCCC(C(=O)N4CC=CCC4)C3)[N+]2(C)C)C1. The number of nitrogens with zero attached hydrogens (tertiary/aromatic N) is 3. The highest BCUT2D eigenvalue weighted by molar-refractivity contribution is 5.79. The summed E-state index contributed by atoms with van der Waals surface area (Å²) in [5.74, 6) is 1.43. The fraction of sp³-hybridized carbons (Fsp3) is 0.885.